The Bertz CT molecular complexity index is 203. The first-order valence-electron chi connectivity index (χ1n) is 8.16. The van der Waals surface area contributed by atoms with Gasteiger partial charge in [-0.1, -0.05) is 53.4 Å². The molecule has 0 aromatic carbocycles. The lowest BCUT2D eigenvalue weighted by Crippen LogP contribution is -2.58. The predicted molar refractivity (Wildman–Crippen MR) is 81.0 cm³/mol. The summed E-state index contributed by atoms with van der Waals surface area (Å²) in [7, 11) is 0. The zero-order chi connectivity index (χ0) is 13.4. The van der Waals surface area contributed by atoms with Crippen LogP contribution >= 0.6 is 0 Å². The largest absolute Gasteiger partial charge is 0.311 e. The van der Waals surface area contributed by atoms with Crippen molar-refractivity contribution in [1.29, 1.82) is 0 Å². The Labute approximate surface area is 115 Å². The van der Waals surface area contributed by atoms with Crippen LogP contribution in [0.5, 0.6) is 0 Å². The highest BCUT2D eigenvalue weighted by Gasteiger charge is 2.28. The Morgan fingerprint density at radius 1 is 1.11 bits per heavy atom. The zero-order valence-corrected chi connectivity index (χ0v) is 13.0. The van der Waals surface area contributed by atoms with E-state index in [2.05, 4.69) is 37.9 Å². The van der Waals surface area contributed by atoms with Crippen LogP contribution in [0.4, 0.5) is 0 Å². The molecule has 1 rings (SSSR count). The molecule has 108 valence electrons. The van der Waals surface area contributed by atoms with Gasteiger partial charge in [-0.05, 0) is 25.3 Å². The van der Waals surface area contributed by atoms with E-state index in [9.17, 15) is 0 Å². The third kappa shape index (κ3) is 5.27. The molecule has 1 aliphatic rings. The van der Waals surface area contributed by atoms with Crippen LogP contribution < -0.4 is 5.32 Å². The normalized spacial score (nSPS) is 25.8. The summed E-state index contributed by atoms with van der Waals surface area (Å²) in [6.07, 6.45) is 8.16. The van der Waals surface area contributed by atoms with Crippen molar-refractivity contribution in [1.82, 2.24) is 10.2 Å². The minimum atomic E-state index is 0.733. The summed E-state index contributed by atoms with van der Waals surface area (Å²) in [5.41, 5.74) is 0. The SMILES string of the molecule is CCCCCCN1CC(CCC)NCC1C(C)C. The van der Waals surface area contributed by atoms with Gasteiger partial charge in [-0.3, -0.25) is 4.90 Å². The second kappa shape index (κ2) is 8.92. The van der Waals surface area contributed by atoms with Crippen molar-refractivity contribution in [2.75, 3.05) is 19.6 Å². The summed E-state index contributed by atoms with van der Waals surface area (Å²) in [5.74, 6) is 0.770. The number of rotatable bonds is 8. The molecule has 0 aromatic heterocycles. The van der Waals surface area contributed by atoms with Gasteiger partial charge in [0.15, 0.2) is 0 Å². The molecule has 0 bridgehead atoms. The van der Waals surface area contributed by atoms with Crippen LogP contribution in [-0.2, 0) is 0 Å². The highest BCUT2D eigenvalue weighted by molar-refractivity contribution is 4.87. The molecular formula is C16H34N2. The first-order chi connectivity index (χ1) is 8.69. The van der Waals surface area contributed by atoms with E-state index in [1.54, 1.807) is 0 Å². The van der Waals surface area contributed by atoms with E-state index in [1.165, 1.54) is 58.2 Å². The molecule has 0 aliphatic carbocycles. The quantitative estimate of drug-likeness (QED) is 0.665. The molecular weight excluding hydrogens is 220 g/mol. The lowest BCUT2D eigenvalue weighted by atomic mass is 9.96. The molecule has 1 heterocycles. The van der Waals surface area contributed by atoms with Crippen molar-refractivity contribution in [2.24, 2.45) is 5.92 Å². The Kier molecular flexibility index (Phi) is 7.92. The fourth-order valence-electron chi connectivity index (χ4n) is 3.10. The molecule has 1 N–H and O–H groups in total. The summed E-state index contributed by atoms with van der Waals surface area (Å²) >= 11 is 0. The third-order valence-electron chi connectivity index (χ3n) is 4.25. The summed E-state index contributed by atoms with van der Waals surface area (Å²) < 4.78 is 0. The van der Waals surface area contributed by atoms with Crippen molar-refractivity contribution >= 4 is 0 Å². The van der Waals surface area contributed by atoms with Crippen LogP contribution in [-0.4, -0.2) is 36.6 Å². The standard InChI is InChI=1S/C16H34N2/c1-5-7-8-9-11-18-13-15(10-6-2)17-12-16(18)14(3)4/h14-17H,5-13H2,1-4H3. The fourth-order valence-corrected chi connectivity index (χ4v) is 3.10. The van der Waals surface area contributed by atoms with Gasteiger partial charge in [0.25, 0.3) is 0 Å². The molecule has 0 spiro atoms. The fraction of sp³-hybridized carbons (Fsp3) is 1.00. The van der Waals surface area contributed by atoms with Gasteiger partial charge < -0.3 is 5.32 Å². The highest BCUT2D eigenvalue weighted by Crippen LogP contribution is 2.18. The lowest BCUT2D eigenvalue weighted by molar-refractivity contribution is 0.0937. The minimum absolute atomic E-state index is 0.733. The maximum absolute atomic E-state index is 3.74. The Balaban J connectivity index is 2.39. The van der Waals surface area contributed by atoms with Gasteiger partial charge in [0.2, 0.25) is 0 Å². The molecule has 18 heavy (non-hydrogen) atoms. The monoisotopic (exact) mass is 254 g/mol. The highest BCUT2D eigenvalue weighted by atomic mass is 15.2. The number of unbranched alkanes of at least 4 members (excludes halogenated alkanes) is 3. The van der Waals surface area contributed by atoms with Crippen LogP contribution in [0.15, 0.2) is 0 Å². The summed E-state index contributed by atoms with van der Waals surface area (Å²) in [4.78, 5) is 2.76. The van der Waals surface area contributed by atoms with E-state index < -0.39 is 0 Å². The lowest BCUT2D eigenvalue weighted by Gasteiger charge is -2.42. The summed E-state index contributed by atoms with van der Waals surface area (Å²) in [5, 5.41) is 3.74. The molecule has 0 saturated carbocycles. The van der Waals surface area contributed by atoms with E-state index in [0.717, 1.165) is 18.0 Å². The molecule has 2 atom stereocenters. The number of hydrogen-bond acceptors (Lipinski definition) is 2. The number of piperazine rings is 1. The van der Waals surface area contributed by atoms with E-state index in [4.69, 9.17) is 0 Å². The molecule has 1 aliphatic heterocycles. The van der Waals surface area contributed by atoms with Crippen LogP contribution in [0.2, 0.25) is 0 Å². The number of nitrogens with zero attached hydrogens (tertiary/aromatic N) is 1. The van der Waals surface area contributed by atoms with Crippen molar-refractivity contribution < 1.29 is 0 Å². The zero-order valence-electron chi connectivity index (χ0n) is 13.0. The van der Waals surface area contributed by atoms with Crippen molar-refractivity contribution in [3.8, 4) is 0 Å². The van der Waals surface area contributed by atoms with Crippen LogP contribution in [0.25, 0.3) is 0 Å². The smallest absolute Gasteiger partial charge is 0.0244 e. The van der Waals surface area contributed by atoms with Crippen LogP contribution in [0, 0.1) is 5.92 Å². The predicted octanol–water partition coefficient (Wildman–Crippen LogP) is 3.67. The van der Waals surface area contributed by atoms with Gasteiger partial charge in [-0.2, -0.15) is 0 Å². The van der Waals surface area contributed by atoms with E-state index in [1.807, 2.05) is 0 Å². The molecule has 1 fully saturated rings. The van der Waals surface area contributed by atoms with Gasteiger partial charge >= 0.3 is 0 Å². The third-order valence-corrected chi connectivity index (χ3v) is 4.25. The van der Waals surface area contributed by atoms with Gasteiger partial charge in [0.05, 0.1) is 0 Å². The minimum Gasteiger partial charge on any atom is -0.311 e. The topological polar surface area (TPSA) is 15.3 Å². The average molecular weight is 254 g/mol. The van der Waals surface area contributed by atoms with Gasteiger partial charge in [-0.25, -0.2) is 0 Å². The number of nitrogens with one attached hydrogen (secondary N) is 1. The maximum atomic E-state index is 3.74. The first kappa shape index (κ1) is 16.0. The van der Waals surface area contributed by atoms with E-state index >= 15 is 0 Å². The first-order valence-corrected chi connectivity index (χ1v) is 8.16. The van der Waals surface area contributed by atoms with Crippen molar-refractivity contribution in [3.05, 3.63) is 0 Å². The Hall–Kier alpha value is -0.0800. The maximum Gasteiger partial charge on any atom is 0.0244 e. The molecule has 2 nitrogen and oxygen atoms in total. The molecule has 2 unspecified atom stereocenters. The van der Waals surface area contributed by atoms with Gasteiger partial charge in [0, 0.05) is 25.2 Å². The second-order valence-corrected chi connectivity index (χ2v) is 6.26. The molecule has 0 aromatic rings. The molecule has 2 heteroatoms. The van der Waals surface area contributed by atoms with Gasteiger partial charge in [-0.15, -0.1) is 0 Å². The second-order valence-electron chi connectivity index (χ2n) is 6.26. The molecule has 1 saturated heterocycles. The van der Waals surface area contributed by atoms with Crippen molar-refractivity contribution in [2.45, 2.75) is 78.3 Å². The summed E-state index contributed by atoms with van der Waals surface area (Å²) in [6.45, 7) is 13.1. The average Bonchev–Trinajstić information content (AvgIpc) is 2.35. The Morgan fingerprint density at radius 3 is 2.50 bits per heavy atom. The molecule has 0 radical (unpaired) electrons. The van der Waals surface area contributed by atoms with Gasteiger partial charge in [0.1, 0.15) is 0 Å². The van der Waals surface area contributed by atoms with Crippen molar-refractivity contribution in [3.63, 3.8) is 0 Å². The van der Waals surface area contributed by atoms with E-state index in [0.29, 0.717) is 0 Å². The Morgan fingerprint density at radius 2 is 1.89 bits per heavy atom. The van der Waals surface area contributed by atoms with Crippen LogP contribution in [0.1, 0.15) is 66.2 Å². The molecule has 0 amide bonds. The van der Waals surface area contributed by atoms with E-state index in [-0.39, 0.29) is 0 Å². The number of hydrogen-bond donors (Lipinski definition) is 1. The summed E-state index contributed by atoms with van der Waals surface area (Å²) in [6, 6.07) is 1.48. The van der Waals surface area contributed by atoms with Crippen LogP contribution in [0.3, 0.4) is 0 Å².